The highest BCUT2D eigenvalue weighted by Gasteiger charge is 2.18. The highest BCUT2D eigenvalue weighted by atomic mass is 16.1. The minimum atomic E-state index is -0.117. The number of aryl methyl sites for hydroxylation is 2. The predicted molar refractivity (Wildman–Crippen MR) is 91.5 cm³/mol. The van der Waals surface area contributed by atoms with Crippen LogP contribution in [-0.4, -0.2) is 20.3 Å². The number of rotatable bonds is 3. The molecule has 0 aliphatic carbocycles. The molecular formula is C18H20N4O. The number of anilines is 1. The van der Waals surface area contributed by atoms with Gasteiger partial charge in [-0.3, -0.25) is 9.48 Å². The van der Waals surface area contributed by atoms with Crippen LogP contribution >= 0.6 is 0 Å². The molecule has 2 aromatic heterocycles. The number of benzene rings is 1. The van der Waals surface area contributed by atoms with Crippen molar-refractivity contribution in [1.82, 2.24) is 14.3 Å². The molecule has 3 rings (SSSR count). The van der Waals surface area contributed by atoms with Gasteiger partial charge in [0.2, 0.25) is 0 Å². The molecule has 1 N–H and O–H groups in total. The second-order valence-electron chi connectivity index (χ2n) is 5.69. The van der Waals surface area contributed by atoms with Crippen molar-refractivity contribution >= 4 is 11.7 Å². The molecule has 1 aromatic carbocycles. The molecule has 3 aromatic rings. The molecular weight excluding hydrogens is 288 g/mol. The Morgan fingerprint density at radius 1 is 1.09 bits per heavy atom. The predicted octanol–water partition coefficient (Wildman–Crippen LogP) is 3.29. The van der Waals surface area contributed by atoms with Gasteiger partial charge in [-0.2, -0.15) is 5.10 Å². The number of hydrogen-bond donors (Lipinski definition) is 1. The van der Waals surface area contributed by atoms with Gasteiger partial charge in [-0.25, -0.2) is 0 Å². The van der Waals surface area contributed by atoms with Crippen molar-refractivity contribution in [3.05, 3.63) is 59.4 Å². The van der Waals surface area contributed by atoms with Crippen LogP contribution in [0.25, 0.3) is 11.3 Å². The standard InChI is InChI=1S/C18H20N4O/c1-12-16(14-8-6-5-7-9-14)20-22(4)17(12)19-18(23)15-10-11-21(3)13(15)2/h5-11H,1-4H3,(H,19,23). The van der Waals surface area contributed by atoms with Crippen LogP contribution in [0.3, 0.4) is 0 Å². The zero-order chi connectivity index (χ0) is 16.6. The fourth-order valence-electron chi connectivity index (χ4n) is 2.70. The Labute approximate surface area is 135 Å². The van der Waals surface area contributed by atoms with Gasteiger partial charge in [-0.1, -0.05) is 30.3 Å². The van der Waals surface area contributed by atoms with E-state index in [4.69, 9.17) is 0 Å². The lowest BCUT2D eigenvalue weighted by atomic mass is 10.1. The highest BCUT2D eigenvalue weighted by Crippen LogP contribution is 2.27. The second-order valence-corrected chi connectivity index (χ2v) is 5.69. The summed E-state index contributed by atoms with van der Waals surface area (Å²) >= 11 is 0. The zero-order valence-electron chi connectivity index (χ0n) is 13.8. The minimum absolute atomic E-state index is 0.117. The summed E-state index contributed by atoms with van der Waals surface area (Å²) in [6.07, 6.45) is 1.88. The Bertz CT molecular complexity index is 859. The van der Waals surface area contributed by atoms with Crippen LogP contribution in [-0.2, 0) is 14.1 Å². The molecule has 5 nitrogen and oxygen atoms in total. The van der Waals surface area contributed by atoms with E-state index in [1.54, 1.807) is 4.68 Å². The highest BCUT2D eigenvalue weighted by molar-refractivity contribution is 6.05. The van der Waals surface area contributed by atoms with Crippen LogP contribution in [0.15, 0.2) is 42.6 Å². The van der Waals surface area contributed by atoms with Crippen LogP contribution in [0.1, 0.15) is 21.6 Å². The zero-order valence-corrected chi connectivity index (χ0v) is 13.8. The number of amides is 1. The maximum Gasteiger partial charge on any atom is 0.258 e. The quantitative estimate of drug-likeness (QED) is 0.807. The largest absolute Gasteiger partial charge is 0.354 e. The van der Waals surface area contributed by atoms with Crippen molar-refractivity contribution in [2.45, 2.75) is 13.8 Å². The normalized spacial score (nSPS) is 10.8. The van der Waals surface area contributed by atoms with Crippen molar-refractivity contribution in [3.8, 4) is 11.3 Å². The van der Waals surface area contributed by atoms with E-state index in [1.807, 2.05) is 75.1 Å². The number of carbonyl (C=O) groups is 1. The summed E-state index contributed by atoms with van der Waals surface area (Å²) in [6, 6.07) is 11.8. The van der Waals surface area contributed by atoms with Gasteiger partial charge >= 0.3 is 0 Å². The Morgan fingerprint density at radius 3 is 2.39 bits per heavy atom. The Hall–Kier alpha value is -2.82. The molecule has 5 heteroatoms. The van der Waals surface area contributed by atoms with E-state index in [1.165, 1.54) is 0 Å². The summed E-state index contributed by atoms with van der Waals surface area (Å²) in [5, 5.41) is 7.54. The summed E-state index contributed by atoms with van der Waals surface area (Å²) in [7, 11) is 3.77. The van der Waals surface area contributed by atoms with Crippen molar-refractivity contribution in [2.24, 2.45) is 14.1 Å². The lowest BCUT2D eigenvalue weighted by Gasteiger charge is -2.07. The number of aromatic nitrogens is 3. The molecule has 0 unspecified atom stereocenters. The molecule has 0 aliphatic rings. The Morgan fingerprint density at radius 2 is 1.78 bits per heavy atom. The summed E-state index contributed by atoms with van der Waals surface area (Å²) in [6.45, 7) is 3.91. The lowest BCUT2D eigenvalue weighted by Crippen LogP contribution is -2.16. The lowest BCUT2D eigenvalue weighted by molar-refractivity contribution is 0.102. The van der Waals surface area contributed by atoms with E-state index in [-0.39, 0.29) is 5.91 Å². The van der Waals surface area contributed by atoms with Crippen molar-refractivity contribution < 1.29 is 4.79 Å². The first kappa shape index (κ1) is 15.1. The number of hydrogen-bond acceptors (Lipinski definition) is 2. The molecule has 0 saturated heterocycles. The topological polar surface area (TPSA) is 51.9 Å². The summed E-state index contributed by atoms with van der Waals surface area (Å²) in [4.78, 5) is 12.5. The van der Waals surface area contributed by atoms with Gasteiger partial charge in [-0.05, 0) is 19.9 Å². The van der Waals surface area contributed by atoms with Crippen LogP contribution in [0.5, 0.6) is 0 Å². The molecule has 2 heterocycles. The fraction of sp³-hybridized carbons (Fsp3) is 0.222. The average molecular weight is 308 g/mol. The third kappa shape index (κ3) is 2.65. The van der Waals surface area contributed by atoms with Gasteiger partial charge in [-0.15, -0.1) is 0 Å². The van der Waals surface area contributed by atoms with E-state index in [2.05, 4.69) is 10.4 Å². The van der Waals surface area contributed by atoms with E-state index >= 15 is 0 Å². The second kappa shape index (κ2) is 5.76. The first-order chi connectivity index (χ1) is 11.0. The third-order valence-electron chi connectivity index (χ3n) is 4.19. The molecule has 0 fully saturated rings. The van der Waals surface area contributed by atoms with E-state index in [9.17, 15) is 4.79 Å². The SMILES string of the molecule is Cc1c(-c2ccccc2)nn(C)c1NC(=O)c1ccn(C)c1C. The van der Waals surface area contributed by atoms with Crippen LogP contribution in [0.4, 0.5) is 5.82 Å². The number of nitrogens with zero attached hydrogens (tertiary/aromatic N) is 3. The summed E-state index contributed by atoms with van der Waals surface area (Å²) < 4.78 is 3.65. The molecule has 118 valence electrons. The monoisotopic (exact) mass is 308 g/mol. The van der Waals surface area contributed by atoms with Gasteiger partial charge in [0, 0.05) is 37.1 Å². The smallest absolute Gasteiger partial charge is 0.258 e. The molecule has 0 radical (unpaired) electrons. The molecule has 0 spiro atoms. The van der Waals surface area contributed by atoms with Crippen LogP contribution < -0.4 is 5.32 Å². The number of nitrogens with one attached hydrogen (secondary N) is 1. The van der Waals surface area contributed by atoms with Crippen molar-refractivity contribution in [3.63, 3.8) is 0 Å². The molecule has 0 bridgehead atoms. The Balaban J connectivity index is 1.94. The van der Waals surface area contributed by atoms with Crippen molar-refractivity contribution in [1.29, 1.82) is 0 Å². The Kier molecular flexibility index (Phi) is 3.78. The van der Waals surface area contributed by atoms with E-state index in [0.717, 1.165) is 28.3 Å². The molecule has 23 heavy (non-hydrogen) atoms. The summed E-state index contributed by atoms with van der Waals surface area (Å²) in [5.41, 5.74) is 4.49. The maximum atomic E-state index is 12.5. The maximum absolute atomic E-state index is 12.5. The van der Waals surface area contributed by atoms with E-state index in [0.29, 0.717) is 5.56 Å². The first-order valence-corrected chi connectivity index (χ1v) is 7.51. The van der Waals surface area contributed by atoms with Gasteiger partial charge in [0.1, 0.15) is 5.82 Å². The van der Waals surface area contributed by atoms with Gasteiger partial charge < -0.3 is 9.88 Å². The van der Waals surface area contributed by atoms with Gasteiger partial charge in [0.15, 0.2) is 0 Å². The molecule has 0 aliphatic heterocycles. The molecule has 1 amide bonds. The average Bonchev–Trinajstić information content (AvgIpc) is 3.02. The van der Waals surface area contributed by atoms with E-state index < -0.39 is 0 Å². The fourth-order valence-corrected chi connectivity index (χ4v) is 2.70. The van der Waals surface area contributed by atoms with Gasteiger partial charge in [0.05, 0.1) is 11.3 Å². The van der Waals surface area contributed by atoms with Crippen LogP contribution in [0, 0.1) is 13.8 Å². The van der Waals surface area contributed by atoms with Crippen molar-refractivity contribution in [2.75, 3.05) is 5.32 Å². The third-order valence-corrected chi connectivity index (χ3v) is 4.19. The molecule has 0 saturated carbocycles. The first-order valence-electron chi connectivity index (χ1n) is 7.51. The van der Waals surface area contributed by atoms with Crippen LogP contribution in [0.2, 0.25) is 0 Å². The number of carbonyl (C=O) groups excluding carboxylic acids is 1. The summed E-state index contributed by atoms with van der Waals surface area (Å²) in [5.74, 6) is 0.603. The molecule has 0 atom stereocenters. The minimum Gasteiger partial charge on any atom is -0.354 e. The van der Waals surface area contributed by atoms with Gasteiger partial charge in [0.25, 0.3) is 5.91 Å².